The number of hydrogen-bond donors (Lipinski definition) is 0. The van der Waals surface area contributed by atoms with E-state index in [1.165, 1.54) is 3.97 Å². The number of nitrogens with zero attached hydrogens (tertiary/aromatic N) is 4. The van der Waals surface area contributed by atoms with Gasteiger partial charge in [-0.25, -0.2) is 12.4 Å². The lowest BCUT2D eigenvalue weighted by molar-refractivity contribution is 0.311. The van der Waals surface area contributed by atoms with Gasteiger partial charge in [-0.05, 0) is 69.5 Å². The van der Waals surface area contributed by atoms with Crippen LogP contribution in [-0.2, 0) is 16.4 Å². The molecule has 7 nitrogen and oxygen atoms in total. The van der Waals surface area contributed by atoms with Crippen molar-refractivity contribution in [1.82, 2.24) is 13.8 Å². The van der Waals surface area contributed by atoms with Crippen molar-refractivity contribution in [3.8, 4) is 5.75 Å². The minimum atomic E-state index is -3.83. The van der Waals surface area contributed by atoms with Gasteiger partial charge in [0, 0.05) is 49.3 Å². The third kappa shape index (κ3) is 4.84. The van der Waals surface area contributed by atoms with Gasteiger partial charge in [-0.15, -0.1) is 0 Å². The van der Waals surface area contributed by atoms with Crippen LogP contribution in [0.4, 0.5) is 5.69 Å². The summed E-state index contributed by atoms with van der Waals surface area (Å²) in [6.45, 7) is 4.27. The number of rotatable bonds is 7. The van der Waals surface area contributed by atoms with Crippen LogP contribution in [0.15, 0.2) is 47.5 Å². The maximum absolute atomic E-state index is 13.8. The third-order valence-electron chi connectivity index (χ3n) is 6.19. The second kappa shape index (κ2) is 9.54. The summed E-state index contributed by atoms with van der Waals surface area (Å²) >= 11 is 6.25. The van der Waals surface area contributed by atoms with Gasteiger partial charge in [0.1, 0.15) is 5.75 Å². The molecule has 3 aromatic rings. The molecule has 1 fully saturated rings. The summed E-state index contributed by atoms with van der Waals surface area (Å²) in [6, 6.07) is 10.5. The van der Waals surface area contributed by atoms with Crippen LogP contribution < -0.4 is 9.64 Å². The van der Waals surface area contributed by atoms with Crippen molar-refractivity contribution in [2.45, 2.75) is 11.3 Å². The molecule has 1 aromatic heterocycles. The molecule has 4 rings (SSSR count). The van der Waals surface area contributed by atoms with Gasteiger partial charge in [-0.3, -0.25) is 0 Å². The Hall–Kier alpha value is -2.26. The van der Waals surface area contributed by atoms with Crippen molar-refractivity contribution in [3.63, 3.8) is 0 Å². The fourth-order valence-electron chi connectivity index (χ4n) is 4.22. The van der Waals surface area contributed by atoms with E-state index < -0.39 is 10.0 Å². The Bertz CT molecular complexity index is 1250. The zero-order valence-corrected chi connectivity index (χ0v) is 21.2. The van der Waals surface area contributed by atoms with Gasteiger partial charge in [0.15, 0.2) is 0 Å². The van der Waals surface area contributed by atoms with Crippen molar-refractivity contribution in [2.24, 2.45) is 0 Å². The van der Waals surface area contributed by atoms with Crippen LogP contribution in [-0.4, -0.2) is 83.2 Å². The van der Waals surface area contributed by atoms with Gasteiger partial charge in [0.25, 0.3) is 10.0 Å². The molecule has 33 heavy (non-hydrogen) atoms. The van der Waals surface area contributed by atoms with E-state index in [1.807, 2.05) is 20.2 Å². The van der Waals surface area contributed by atoms with Crippen LogP contribution in [0.1, 0.15) is 5.56 Å². The summed E-state index contributed by atoms with van der Waals surface area (Å²) in [6.07, 6.45) is 2.46. The first-order valence-corrected chi connectivity index (χ1v) is 12.8. The fourth-order valence-corrected chi connectivity index (χ4v) is 5.80. The summed E-state index contributed by atoms with van der Waals surface area (Å²) in [4.78, 5) is 6.76. The van der Waals surface area contributed by atoms with Crippen LogP contribution >= 0.6 is 11.6 Å². The summed E-state index contributed by atoms with van der Waals surface area (Å²) in [5.41, 5.74) is 2.39. The molecule has 0 bridgehead atoms. The van der Waals surface area contributed by atoms with E-state index in [4.69, 9.17) is 16.3 Å². The molecule has 178 valence electrons. The van der Waals surface area contributed by atoms with E-state index >= 15 is 0 Å². The number of halogens is 1. The van der Waals surface area contributed by atoms with Crippen molar-refractivity contribution >= 4 is 38.2 Å². The van der Waals surface area contributed by atoms with Crippen LogP contribution in [0.2, 0.25) is 5.02 Å². The Balaban J connectivity index is 1.79. The normalized spacial score (nSPS) is 15.5. The van der Waals surface area contributed by atoms with Gasteiger partial charge in [-0.2, -0.15) is 0 Å². The third-order valence-corrected chi connectivity index (χ3v) is 8.10. The smallest absolute Gasteiger partial charge is 0.268 e. The Kier molecular flexibility index (Phi) is 6.91. The average Bonchev–Trinajstić information content (AvgIpc) is 3.16. The molecule has 0 amide bonds. The Morgan fingerprint density at radius 1 is 1.06 bits per heavy atom. The SMILES string of the molecule is COc1ccc(S(=O)(=O)n2cc(CCN(C)C)c3cc(Cl)ccc32)cc1N1CCN(C)CC1. The van der Waals surface area contributed by atoms with E-state index in [0.29, 0.717) is 16.3 Å². The number of piperazine rings is 1. The lowest BCUT2D eigenvalue weighted by Crippen LogP contribution is -2.44. The summed E-state index contributed by atoms with van der Waals surface area (Å²) < 4.78 is 34.6. The highest BCUT2D eigenvalue weighted by atomic mass is 35.5. The highest BCUT2D eigenvalue weighted by molar-refractivity contribution is 7.90. The lowest BCUT2D eigenvalue weighted by atomic mass is 10.1. The monoisotopic (exact) mass is 490 g/mol. The number of methoxy groups -OCH3 is 1. The van der Waals surface area contributed by atoms with Crippen LogP contribution in [0, 0.1) is 0 Å². The lowest BCUT2D eigenvalue weighted by Gasteiger charge is -2.34. The molecule has 0 atom stereocenters. The highest BCUT2D eigenvalue weighted by Crippen LogP contribution is 2.34. The quantitative estimate of drug-likeness (QED) is 0.506. The van der Waals surface area contributed by atoms with E-state index in [0.717, 1.165) is 55.8 Å². The fraction of sp³-hybridized carbons (Fsp3) is 0.417. The molecule has 0 spiro atoms. The van der Waals surface area contributed by atoms with Crippen LogP contribution in [0.5, 0.6) is 5.75 Å². The van der Waals surface area contributed by atoms with E-state index in [1.54, 1.807) is 43.6 Å². The molecule has 0 aliphatic carbocycles. The standard InChI is InChI=1S/C24H31ClN4O3S/c1-26(2)10-9-18-17-29(22-7-5-19(25)15-21(18)22)33(30,31)20-6-8-24(32-4)23(16-20)28-13-11-27(3)12-14-28/h5-8,15-17H,9-14H2,1-4H3. The first-order valence-electron chi connectivity index (χ1n) is 11.0. The number of aromatic nitrogens is 1. The van der Waals surface area contributed by atoms with E-state index in [9.17, 15) is 8.42 Å². The second-order valence-electron chi connectivity index (χ2n) is 8.79. The Labute approximate surface area is 201 Å². The molecular formula is C24H31ClN4O3S. The number of anilines is 1. The highest BCUT2D eigenvalue weighted by Gasteiger charge is 2.25. The number of likely N-dealkylation sites (N-methyl/N-ethyl adjacent to an activating group) is 2. The van der Waals surface area contributed by atoms with Crippen molar-refractivity contribution in [1.29, 1.82) is 0 Å². The zero-order chi connectivity index (χ0) is 23.8. The second-order valence-corrected chi connectivity index (χ2v) is 11.0. The largest absolute Gasteiger partial charge is 0.495 e. The molecule has 1 aliphatic heterocycles. The predicted molar refractivity (Wildman–Crippen MR) is 134 cm³/mol. The first kappa shape index (κ1) is 23.9. The molecule has 1 aliphatic rings. The summed E-state index contributed by atoms with van der Waals surface area (Å²) in [5, 5.41) is 1.45. The topological polar surface area (TPSA) is 58.0 Å². The molecule has 9 heteroatoms. The maximum atomic E-state index is 13.8. The number of hydrogen-bond acceptors (Lipinski definition) is 6. The first-order chi connectivity index (χ1) is 15.7. The molecule has 0 unspecified atom stereocenters. The van der Waals surface area contributed by atoms with Gasteiger partial charge < -0.3 is 19.4 Å². The Morgan fingerprint density at radius 2 is 1.79 bits per heavy atom. The van der Waals surface area contributed by atoms with Crippen molar-refractivity contribution in [2.75, 3.05) is 65.9 Å². The molecule has 2 aromatic carbocycles. The van der Waals surface area contributed by atoms with Gasteiger partial charge in [0.2, 0.25) is 0 Å². The van der Waals surface area contributed by atoms with Crippen molar-refractivity contribution in [3.05, 3.63) is 53.2 Å². The van der Waals surface area contributed by atoms with Crippen molar-refractivity contribution < 1.29 is 13.2 Å². The molecule has 0 saturated carbocycles. The molecule has 0 N–H and O–H groups in total. The number of benzene rings is 2. The zero-order valence-electron chi connectivity index (χ0n) is 19.6. The molecule has 1 saturated heterocycles. The van der Waals surface area contributed by atoms with Gasteiger partial charge in [0.05, 0.1) is 23.2 Å². The van der Waals surface area contributed by atoms with Gasteiger partial charge >= 0.3 is 0 Å². The minimum Gasteiger partial charge on any atom is -0.495 e. The number of fused-ring (bicyclic) bond motifs is 1. The van der Waals surface area contributed by atoms with E-state index in [-0.39, 0.29) is 4.90 Å². The van der Waals surface area contributed by atoms with E-state index in [2.05, 4.69) is 21.7 Å². The van der Waals surface area contributed by atoms with Crippen LogP contribution in [0.25, 0.3) is 10.9 Å². The molecular weight excluding hydrogens is 460 g/mol. The van der Waals surface area contributed by atoms with Crippen LogP contribution in [0.3, 0.4) is 0 Å². The minimum absolute atomic E-state index is 0.239. The summed E-state index contributed by atoms with van der Waals surface area (Å²) in [7, 11) is 3.88. The predicted octanol–water partition coefficient (Wildman–Crippen LogP) is 3.40. The molecule has 2 heterocycles. The summed E-state index contributed by atoms with van der Waals surface area (Å²) in [5.74, 6) is 0.675. The Morgan fingerprint density at radius 3 is 2.45 bits per heavy atom. The number of ether oxygens (including phenoxy) is 1. The average molecular weight is 491 g/mol. The van der Waals surface area contributed by atoms with Gasteiger partial charge in [-0.1, -0.05) is 11.6 Å². The molecule has 0 radical (unpaired) electrons. The maximum Gasteiger partial charge on any atom is 0.268 e.